The number of hydrogen-bond donors (Lipinski definition) is 2. The minimum atomic E-state index is -3.77. The first-order valence-corrected chi connectivity index (χ1v) is 7.37. The van der Waals surface area contributed by atoms with E-state index >= 15 is 0 Å². The Balaban J connectivity index is 2.47. The second-order valence-electron chi connectivity index (χ2n) is 4.21. The van der Waals surface area contributed by atoms with Gasteiger partial charge in [-0.15, -0.1) is 0 Å². The van der Waals surface area contributed by atoms with Crippen molar-refractivity contribution in [1.82, 2.24) is 4.31 Å². The lowest BCUT2D eigenvalue weighted by Gasteiger charge is -2.17. The fraction of sp³-hybridized carbons (Fsp3) is 0.364. The Labute approximate surface area is 116 Å². The molecule has 0 radical (unpaired) electrons. The van der Waals surface area contributed by atoms with Gasteiger partial charge < -0.3 is 10.4 Å². The number of nitrogens with one attached hydrogen (secondary N) is 1. The van der Waals surface area contributed by atoms with Gasteiger partial charge in [0, 0.05) is 19.3 Å². The number of aliphatic hydroxyl groups is 1. The van der Waals surface area contributed by atoms with E-state index in [1.54, 1.807) is 0 Å². The molecule has 8 heteroatoms. The van der Waals surface area contributed by atoms with E-state index in [-0.39, 0.29) is 35.4 Å². The second-order valence-corrected chi connectivity index (χ2v) is 6.64. The van der Waals surface area contributed by atoms with Crippen LogP contribution in [-0.4, -0.2) is 43.9 Å². The molecule has 0 unspecified atom stereocenters. The molecule has 1 heterocycles. The average molecular weight is 305 g/mol. The molecule has 104 valence electrons. The summed E-state index contributed by atoms with van der Waals surface area (Å²) < 4.78 is 25.5. The zero-order valence-corrected chi connectivity index (χ0v) is 11.8. The van der Waals surface area contributed by atoms with Crippen LogP contribution in [0.25, 0.3) is 0 Å². The summed E-state index contributed by atoms with van der Waals surface area (Å²) in [5, 5.41) is 11.5. The number of benzene rings is 1. The van der Waals surface area contributed by atoms with Crippen LogP contribution in [0.1, 0.15) is 5.56 Å². The lowest BCUT2D eigenvalue weighted by Crippen LogP contribution is -2.29. The van der Waals surface area contributed by atoms with E-state index in [1.165, 1.54) is 19.2 Å². The van der Waals surface area contributed by atoms with Gasteiger partial charge in [0.05, 0.1) is 18.1 Å². The first-order valence-electron chi connectivity index (χ1n) is 5.55. The number of rotatable bonds is 4. The Morgan fingerprint density at radius 1 is 1.47 bits per heavy atom. The molecular formula is C11H13ClN2O4S. The Hall–Kier alpha value is -1.15. The van der Waals surface area contributed by atoms with Crippen molar-refractivity contribution in [3.8, 4) is 0 Å². The standard InChI is InChI=1S/C11H13ClN2O4S/c1-14(2-3-15)19(17,18)10-4-7-5-11(16)13-9(7)6-8(10)12/h4,6,15H,2-3,5H2,1H3,(H,13,16). The lowest BCUT2D eigenvalue weighted by atomic mass is 10.2. The number of carbonyl (C=O) groups is 1. The third kappa shape index (κ3) is 2.59. The summed E-state index contributed by atoms with van der Waals surface area (Å²) in [6.07, 6.45) is 0.138. The molecule has 0 spiro atoms. The van der Waals surface area contributed by atoms with E-state index in [0.29, 0.717) is 11.3 Å². The minimum absolute atomic E-state index is 0.0209. The Kier molecular flexibility index (Phi) is 3.82. The van der Waals surface area contributed by atoms with Gasteiger partial charge in [-0.25, -0.2) is 8.42 Å². The van der Waals surface area contributed by atoms with Crippen LogP contribution in [-0.2, 0) is 21.2 Å². The molecule has 1 amide bonds. The van der Waals surface area contributed by atoms with Gasteiger partial charge in [-0.3, -0.25) is 4.79 Å². The molecular weight excluding hydrogens is 292 g/mol. The Morgan fingerprint density at radius 2 is 2.16 bits per heavy atom. The molecule has 19 heavy (non-hydrogen) atoms. The van der Waals surface area contributed by atoms with E-state index in [1.807, 2.05) is 0 Å². The maximum absolute atomic E-state index is 12.2. The van der Waals surface area contributed by atoms with E-state index in [2.05, 4.69) is 5.32 Å². The summed E-state index contributed by atoms with van der Waals surface area (Å²) in [5.74, 6) is -0.190. The molecule has 0 atom stereocenters. The molecule has 0 aliphatic carbocycles. The highest BCUT2D eigenvalue weighted by Crippen LogP contribution is 2.33. The van der Waals surface area contributed by atoms with Gasteiger partial charge in [0.25, 0.3) is 0 Å². The van der Waals surface area contributed by atoms with Gasteiger partial charge in [-0.2, -0.15) is 4.31 Å². The fourth-order valence-electron chi connectivity index (χ4n) is 1.85. The highest BCUT2D eigenvalue weighted by atomic mass is 35.5. The van der Waals surface area contributed by atoms with Crippen molar-refractivity contribution in [2.45, 2.75) is 11.3 Å². The number of amides is 1. The van der Waals surface area contributed by atoms with E-state index in [0.717, 1.165) is 4.31 Å². The normalized spacial score (nSPS) is 14.6. The van der Waals surface area contributed by atoms with Crippen LogP contribution in [0.2, 0.25) is 5.02 Å². The zero-order valence-electron chi connectivity index (χ0n) is 10.2. The highest BCUT2D eigenvalue weighted by Gasteiger charge is 2.27. The van der Waals surface area contributed by atoms with E-state index < -0.39 is 10.0 Å². The van der Waals surface area contributed by atoms with Crippen LogP contribution >= 0.6 is 11.6 Å². The number of halogens is 1. The van der Waals surface area contributed by atoms with Crippen LogP contribution in [0.5, 0.6) is 0 Å². The largest absolute Gasteiger partial charge is 0.395 e. The first kappa shape index (κ1) is 14.3. The van der Waals surface area contributed by atoms with Crippen LogP contribution in [0.3, 0.4) is 0 Å². The van der Waals surface area contributed by atoms with Crippen molar-refractivity contribution >= 4 is 33.2 Å². The number of sulfonamides is 1. The molecule has 0 saturated carbocycles. The van der Waals surface area contributed by atoms with Gasteiger partial charge in [-0.1, -0.05) is 11.6 Å². The molecule has 2 rings (SSSR count). The first-order chi connectivity index (χ1) is 8.86. The summed E-state index contributed by atoms with van der Waals surface area (Å²) in [4.78, 5) is 11.2. The van der Waals surface area contributed by atoms with Crippen molar-refractivity contribution in [3.05, 3.63) is 22.7 Å². The maximum Gasteiger partial charge on any atom is 0.244 e. The lowest BCUT2D eigenvalue weighted by molar-refractivity contribution is -0.115. The minimum Gasteiger partial charge on any atom is -0.395 e. The molecule has 1 aliphatic rings. The van der Waals surface area contributed by atoms with Gasteiger partial charge in [0.1, 0.15) is 4.90 Å². The number of nitrogens with zero attached hydrogens (tertiary/aromatic N) is 1. The Morgan fingerprint density at radius 3 is 2.79 bits per heavy atom. The summed E-state index contributed by atoms with van der Waals surface area (Å²) in [6.45, 7) is -0.300. The third-order valence-electron chi connectivity index (χ3n) is 2.89. The van der Waals surface area contributed by atoms with Crippen molar-refractivity contribution in [1.29, 1.82) is 0 Å². The molecule has 2 N–H and O–H groups in total. The van der Waals surface area contributed by atoms with Crippen LogP contribution in [0.15, 0.2) is 17.0 Å². The molecule has 0 bridgehead atoms. The zero-order chi connectivity index (χ0) is 14.2. The summed E-state index contributed by atoms with van der Waals surface area (Å²) >= 11 is 5.96. The number of fused-ring (bicyclic) bond motifs is 1. The van der Waals surface area contributed by atoms with Crippen molar-refractivity contribution in [2.24, 2.45) is 0 Å². The van der Waals surface area contributed by atoms with E-state index in [4.69, 9.17) is 16.7 Å². The van der Waals surface area contributed by atoms with Crippen molar-refractivity contribution in [2.75, 3.05) is 25.5 Å². The molecule has 0 fully saturated rings. The molecule has 1 aromatic rings. The summed E-state index contributed by atoms with van der Waals surface area (Å²) in [6, 6.07) is 2.83. The number of aliphatic hydroxyl groups excluding tert-OH is 1. The quantitative estimate of drug-likeness (QED) is 0.845. The molecule has 1 aromatic carbocycles. The van der Waals surface area contributed by atoms with Crippen LogP contribution in [0, 0.1) is 0 Å². The molecule has 1 aliphatic heterocycles. The summed E-state index contributed by atoms with van der Waals surface area (Å²) in [7, 11) is -2.41. The van der Waals surface area contributed by atoms with Gasteiger partial charge in [0.15, 0.2) is 0 Å². The molecule has 0 saturated heterocycles. The van der Waals surface area contributed by atoms with Crippen LogP contribution in [0.4, 0.5) is 5.69 Å². The van der Waals surface area contributed by atoms with Crippen LogP contribution < -0.4 is 5.32 Å². The number of likely N-dealkylation sites (N-methyl/N-ethyl adjacent to an activating group) is 1. The summed E-state index contributed by atoms with van der Waals surface area (Å²) in [5.41, 5.74) is 1.14. The smallest absolute Gasteiger partial charge is 0.244 e. The second kappa shape index (κ2) is 5.09. The topological polar surface area (TPSA) is 86.7 Å². The average Bonchev–Trinajstić information content (AvgIpc) is 2.67. The predicted octanol–water partition coefficient (Wildman–Crippen LogP) is 0.447. The highest BCUT2D eigenvalue weighted by molar-refractivity contribution is 7.89. The monoisotopic (exact) mass is 304 g/mol. The fourth-order valence-corrected chi connectivity index (χ4v) is 3.56. The van der Waals surface area contributed by atoms with E-state index in [9.17, 15) is 13.2 Å². The number of carbonyl (C=O) groups excluding carboxylic acids is 1. The number of hydrogen-bond acceptors (Lipinski definition) is 4. The maximum atomic E-state index is 12.2. The molecule has 6 nitrogen and oxygen atoms in total. The van der Waals surface area contributed by atoms with Gasteiger partial charge in [-0.05, 0) is 17.7 Å². The third-order valence-corrected chi connectivity index (χ3v) is 5.21. The van der Waals surface area contributed by atoms with Gasteiger partial charge in [0.2, 0.25) is 15.9 Å². The Bertz CT molecular complexity index is 630. The van der Waals surface area contributed by atoms with Crippen molar-refractivity contribution in [3.63, 3.8) is 0 Å². The predicted molar refractivity (Wildman–Crippen MR) is 70.7 cm³/mol. The van der Waals surface area contributed by atoms with Gasteiger partial charge >= 0.3 is 0 Å². The number of anilines is 1. The molecule has 0 aromatic heterocycles. The van der Waals surface area contributed by atoms with Crippen molar-refractivity contribution < 1.29 is 18.3 Å². The SMILES string of the molecule is CN(CCO)S(=O)(=O)c1cc2c(cc1Cl)NC(=O)C2.